The molecule has 72 valence electrons. The molecule has 0 amide bonds. The lowest BCUT2D eigenvalue weighted by Crippen LogP contribution is -2.08. The zero-order chi connectivity index (χ0) is 10.0. The molecule has 2 N–H and O–H groups in total. The molecule has 1 aromatic rings. The summed E-state index contributed by atoms with van der Waals surface area (Å²) < 4.78 is 1.18. The van der Waals surface area contributed by atoms with Crippen molar-refractivity contribution in [3.05, 3.63) is 32.4 Å². The van der Waals surface area contributed by atoms with Crippen molar-refractivity contribution in [3.8, 4) is 0 Å². The number of thiophene rings is 1. The first-order chi connectivity index (χ1) is 6.00. The molecule has 0 unspecified atom stereocenters. The molecule has 0 spiro atoms. The normalized spacial score (nSPS) is 12.9. The van der Waals surface area contributed by atoms with Crippen LogP contribution in [0, 0.1) is 6.92 Å². The van der Waals surface area contributed by atoms with Gasteiger partial charge in [-0.2, -0.15) is 0 Å². The van der Waals surface area contributed by atoms with Crippen molar-refractivity contribution in [1.29, 1.82) is 0 Å². The Balaban J connectivity index is 2.77. The molecule has 1 nitrogen and oxygen atoms in total. The van der Waals surface area contributed by atoms with Gasteiger partial charge in [-0.15, -0.1) is 17.9 Å². The van der Waals surface area contributed by atoms with Crippen molar-refractivity contribution in [3.63, 3.8) is 0 Å². The minimum absolute atomic E-state index is 0.104. The maximum Gasteiger partial charge on any atom is 0.0731 e. The number of hydrogen-bond acceptors (Lipinski definition) is 2. The van der Waals surface area contributed by atoms with E-state index in [0.717, 1.165) is 12.0 Å². The van der Waals surface area contributed by atoms with Crippen LogP contribution in [0.1, 0.15) is 29.8 Å². The largest absolute Gasteiger partial charge is 0.323 e. The number of rotatable bonds is 3. The van der Waals surface area contributed by atoms with Gasteiger partial charge in [0.25, 0.3) is 0 Å². The number of aryl methyl sites for hydroxylation is 1. The quantitative estimate of drug-likeness (QED) is 0.822. The third-order valence-corrected chi connectivity index (χ3v) is 4.08. The lowest BCUT2D eigenvalue weighted by molar-refractivity contribution is 0.731. The molecule has 0 aliphatic heterocycles. The maximum absolute atomic E-state index is 6.01. The molecule has 1 heterocycles. The summed E-state index contributed by atoms with van der Waals surface area (Å²) in [6, 6.07) is 2.25. The molecule has 0 aromatic carbocycles. The van der Waals surface area contributed by atoms with Gasteiger partial charge in [-0.05, 0) is 47.8 Å². The predicted molar refractivity (Wildman–Crippen MR) is 63.1 cm³/mol. The predicted octanol–water partition coefficient (Wildman–Crippen LogP) is 3.79. The van der Waals surface area contributed by atoms with Gasteiger partial charge in [0.2, 0.25) is 0 Å². The van der Waals surface area contributed by atoms with Gasteiger partial charge in [-0.3, -0.25) is 0 Å². The lowest BCUT2D eigenvalue weighted by Gasteiger charge is -2.07. The molecule has 0 fully saturated rings. The molecule has 0 bridgehead atoms. The first kappa shape index (κ1) is 11.0. The molecular formula is C10H14BrNS. The first-order valence-electron chi connectivity index (χ1n) is 4.16. The van der Waals surface area contributed by atoms with E-state index in [4.69, 9.17) is 5.73 Å². The van der Waals surface area contributed by atoms with Crippen LogP contribution in [0.3, 0.4) is 0 Å². The van der Waals surface area contributed by atoms with E-state index in [2.05, 4.69) is 35.5 Å². The van der Waals surface area contributed by atoms with Crippen LogP contribution in [-0.4, -0.2) is 0 Å². The third kappa shape index (κ3) is 2.93. The Bertz CT molecular complexity index is 297. The second kappa shape index (κ2) is 4.40. The summed E-state index contributed by atoms with van der Waals surface area (Å²) in [5.74, 6) is 0. The van der Waals surface area contributed by atoms with Gasteiger partial charge in [0.1, 0.15) is 0 Å². The highest BCUT2D eigenvalue weighted by molar-refractivity contribution is 9.11. The molecule has 0 aliphatic rings. The number of halogens is 1. The summed E-state index contributed by atoms with van der Waals surface area (Å²) in [5.41, 5.74) is 8.40. The zero-order valence-electron chi connectivity index (χ0n) is 7.93. The molecule has 13 heavy (non-hydrogen) atoms. The number of nitrogens with two attached hydrogens (primary N) is 1. The molecule has 3 heteroatoms. The minimum Gasteiger partial charge on any atom is -0.323 e. The topological polar surface area (TPSA) is 26.0 Å². The third-order valence-electron chi connectivity index (χ3n) is 1.81. The Morgan fingerprint density at radius 1 is 1.77 bits per heavy atom. The van der Waals surface area contributed by atoms with E-state index in [-0.39, 0.29) is 6.04 Å². The van der Waals surface area contributed by atoms with Crippen molar-refractivity contribution in [2.45, 2.75) is 26.3 Å². The fourth-order valence-corrected chi connectivity index (χ4v) is 2.71. The molecule has 1 rings (SSSR count). The molecule has 0 saturated heterocycles. The average molecular weight is 260 g/mol. The van der Waals surface area contributed by atoms with Crippen molar-refractivity contribution in [2.24, 2.45) is 5.73 Å². The lowest BCUT2D eigenvalue weighted by atomic mass is 10.1. The Morgan fingerprint density at radius 3 is 2.77 bits per heavy atom. The molecule has 1 aromatic heterocycles. The van der Waals surface area contributed by atoms with Gasteiger partial charge in [-0.1, -0.05) is 5.57 Å². The zero-order valence-corrected chi connectivity index (χ0v) is 10.3. The van der Waals surface area contributed by atoms with Gasteiger partial charge in [0, 0.05) is 10.9 Å². The summed E-state index contributed by atoms with van der Waals surface area (Å²) in [6.07, 6.45) is 0.867. The van der Waals surface area contributed by atoms with Gasteiger partial charge in [-0.25, -0.2) is 0 Å². The van der Waals surface area contributed by atoms with Crippen LogP contribution in [0.25, 0.3) is 0 Å². The highest BCUT2D eigenvalue weighted by atomic mass is 79.9. The van der Waals surface area contributed by atoms with Crippen molar-refractivity contribution < 1.29 is 0 Å². The molecule has 1 atom stereocenters. The van der Waals surface area contributed by atoms with E-state index >= 15 is 0 Å². The summed E-state index contributed by atoms with van der Waals surface area (Å²) in [6.45, 7) is 7.95. The Kier molecular flexibility index (Phi) is 3.71. The fourth-order valence-electron chi connectivity index (χ4n) is 1.14. The maximum atomic E-state index is 6.01. The van der Waals surface area contributed by atoms with E-state index in [9.17, 15) is 0 Å². The van der Waals surface area contributed by atoms with E-state index in [0.29, 0.717) is 0 Å². The second-order valence-electron chi connectivity index (χ2n) is 3.37. The second-order valence-corrected chi connectivity index (χ2v) is 5.77. The van der Waals surface area contributed by atoms with Crippen LogP contribution in [0.5, 0.6) is 0 Å². The van der Waals surface area contributed by atoms with Crippen molar-refractivity contribution >= 4 is 27.3 Å². The molecule has 0 radical (unpaired) electrons. The van der Waals surface area contributed by atoms with E-state index in [1.54, 1.807) is 11.3 Å². The first-order valence-corrected chi connectivity index (χ1v) is 5.77. The highest BCUT2D eigenvalue weighted by Gasteiger charge is 2.10. The fraction of sp³-hybridized carbons (Fsp3) is 0.400. The standard InChI is InChI=1S/C10H14BrNS/c1-6(2)4-8(12)9-5-7(3)10(11)13-9/h5,8H,1,4,12H2,2-3H3/t8-/m1/s1. The monoisotopic (exact) mass is 259 g/mol. The summed E-state index contributed by atoms with van der Waals surface area (Å²) in [4.78, 5) is 1.23. The Hall–Kier alpha value is -0.120. The Labute approximate surface area is 91.8 Å². The van der Waals surface area contributed by atoms with Crippen molar-refractivity contribution in [2.75, 3.05) is 0 Å². The molecule has 0 saturated carbocycles. The summed E-state index contributed by atoms with van der Waals surface area (Å²) >= 11 is 5.21. The van der Waals surface area contributed by atoms with Crippen LogP contribution >= 0.6 is 27.3 Å². The van der Waals surface area contributed by atoms with Crippen LogP contribution < -0.4 is 5.73 Å². The minimum atomic E-state index is 0.104. The molecular weight excluding hydrogens is 246 g/mol. The van der Waals surface area contributed by atoms with Crippen LogP contribution in [-0.2, 0) is 0 Å². The average Bonchev–Trinajstić information content (AvgIpc) is 2.31. The van der Waals surface area contributed by atoms with Crippen molar-refractivity contribution in [1.82, 2.24) is 0 Å². The van der Waals surface area contributed by atoms with Crippen LogP contribution in [0.15, 0.2) is 22.0 Å². The summed E-state index contributed by atoms with van der Waals surface area (Å²) in [5, 5.41) is 0. The van der Waals surface area contributed by atoms with Crippen LogP contribution in [0.2, 0.25) is 0 Å². The van der Waals surface area contributed by atoms with E-state index in [1.807, 2.05) is 6.92 Å². The van der Waals surface area contributed by atoms with Gasteiger partial charge < -0.3 is 5.73 Å². The SMILES string of the molecule is C=C(C)C[C@@H](N)c1cc(C)c(Br)s1. The van der Waals surface area contributed by atoms with E-state index < -0.39 is 0 Å². The smallest absolute Gasteiger partial charge is 0.0731 e. The summed E-state index contributed by atoms with van der Waals surface area (Å²) in [7, 11) is 0. The molecule has 0 aliphatic carbocycles. The van der Waals surface area contributed by atoms with Gasteiger partial charge in [0.15, 0.2) is 0 Å². The number of hydrogen-bond donors (Lipinski definition) is 1. The Morgan fingerprint density at radius 2 is 2.38 bits per heavy atom. The van der Waals surface area contributed by atoms with Gasteiger partial charge >= 0.3 is 0 Å². The highest BCUT2D eigenvalue weighted by Crippen LogP contribution is 2.32. The van der Waals surface area contributed by atoms with Gasteiger partial charge in [0.05, 0.1) is 3.79 Å². The van der Waals surface area contributed by atoms with Crippen LogP contribution in [0.4, 0.5) is 0 Å². The van der Waals surface area contributed by atoms with E-state index in [1.165, 1.54) is 14.2 Å².